The highest BCUT2D eigenvalue weighted by Crippen LogP contribution is 2.50. The number of nitrogens with two attached hydrogens (primary N) is 1. The number of carbonyl (C=O) groups excluding carboxylic acids is 9. The number of unbranched alkanes of at least 4 members (excludes halogenated alkanes) is 1. The Morgan fingerprint density at radius 3 is 2.34 bits per heavy atom. The van der Waals surface area contributed by atoms with Gasteiger partial charge >= 0.3 is 23.9 Å². The molecule has 2 saturated heterocycles. The third kappa shape index (κ3) is 18.4. The maximum atomic E-state index is 16.2. The molecule has 0 aromatic heterocycles. The molecule has 0 radical (unpaired) electrons. The Morgan fingerprint density at radius 1 is 0.989 bits per heavy atom. The van der Waals surface area contributed by atoms with Crippen molar-refractivity contribution in [2.75, 3.05) is 39.8 Å². The minimum Gasteiger partial charge on any atom is -0.495 e. The van der Waals surface area contributed by atoms with Gasteiger partial charge in [0.25, 0.3) is 5.91 Å². The molecule has 1 unspecified atom stereocenters. The fraction of sp³-hybridized carbons (Fsp3) is 0.615. The van der Waals surface area contributed by atoms with Crippen LogP contribution in [-0.2, 0) is 70.1 Å². The summed E-state index contributed by atoms with van der Waals surface area (Å²) in [6.07, 6.45) is 3.91. The maximum absolute atomic E-state index is 16.2. The number of benzene rings is 2. The zero-order valence-corrected chi connectivity index (χ0v) is 53.6. The molecule has 490 valence electrons. The van der Waals surface area contributed by atoms with Crippen LogP contribution in [0.4, 0.5) is 19.3 Å². The Hall–Kier alpha value is -6.82. The van der Waals surface area contributed by atoms with Gasteiger partial charge in [0.05, 0.1) is 55.4 Å². The highest BCUT2D eigenvalue weighted by atomic mass is 35.5. The zero-order chi connectivity index (χ0) is 65.8. The van der Waals surface area contributed by atoms with Gasteiger partial charge in [-0.3, -0.25) is 33.6 Å². The van der Waals surface area contributed by atoms with Gasteiger partial charge in [-0.2, -0.15) is 0 Å². The summed E-state index contributed by atoms with van der Waals surface area (Å²) in [7, 11) is 5.48. The number of primary amides is 1. The molecule has 2 aromatic rings. The quantitative estimate of drug-likeness (QED) is 0.0318. The van der Waals surface area contributed by atoms with Gasteiger partial charge in [-0.25, -0.2) is 18.4 Å². The summed E-state index contributed by atoms with van der Waals surface area (Å²) in [5.74, 6) is -9.32. The standard InChI is InChI=1S/C65H88ClF2N5O16/c1-35(2)44(30-43(74)21-13-12-18-37(4)86-62(81)41-19-15-20-41)59(78)71-48(22-16-24-70-63(69)82)50(75)29-42-28-47(68)45(31-46(42)67)60(79)72(8)39(6)61(80)88-54-32-55(76)73(9)49-26-40(27-51(84-10)57(49)66)25-36(3)17-14-23-53(85-11)65(83)33-52(87-56(77)34-65)38(5)58-64(54,7)89-58/h14,17,23,26-28,31,35,37-39,41,44,48,52-54,58,83H,12-13,15-16,18-22,24-25,29-30,32-34H2,1-11H3,(H,71,78)(H3,69,70,82)/b23-14+,36-17+/t37?,38-,39+,44+,48+,52+,53-,54+,58+,64+,65-/m1/s1. The number of rotatable bonds is 25. The predicted molar refractivity (Wildman–Crippen MR) is 325 cm³/mol. The number of carbonyl (C=O) groups is 9. The highest BCUT2D eigenvalue weighted by Gasteiger charge is 2.64. The summed E-state index contributed by atoms with van der Waals surface area (Å²) in [5.41, 5.74) is 2.65. The first-order valence-corrected chi connectivity index (χ1v) is 30.9. The first-order chi connectivity index (χ1) is 41.9. The van der Waals surface area contributed by atoms with E-state index < -0.39 is 137 Å². The normalized spacial score (nSPS) is 25.3. The van der Waals surface area contributed by atoms with Gasteiger partial charge < -0.3 is 59.7 Å². The number of halogens is 3. The Kier molecular flexibility index (Phi) is 25.0. The van der Waals surface area contributed by atoms with E-state index in [1.807, 2.05) is 19.9 Å². The first-order valence-electron chi connectivity index (χ1n) is 30.5. The van der Waals surface area contributed by atoms with Crippen LogP contribution in [0.1, 0.15) is 153 Å². The number of likely N-dealkylation sites (N-methyl/N-ethyl adjacent to an activating group) is 1. The van der Waals surface area contributed by atoms with Gasteiger partial charge in [-0.15, -0.1) is 0 Å². The summed E-state index contributed by atoms with van der Waals surface area (Å²) >= 11 is 6.83. The van der Waals surface area contributed by atoms with Crippen molar-refractivity contribution in [2.45, 2.75) is 199 Å². The van der Waals surface area contributed by atoms with Crippen molar-refractivity contribution >= 4 is 70.5 Å². The van der Waals surface area contributed by atoms with Gasteiger partial charge in [0.15, 0.2) is 5.78 Å². The number of hydrogen-bond acceptors (Lipinski definition) is 16. The molecule has 4 aliphatic rings. The second kappa shape index (κ2) is 31.3. The minimum absolute atomic E-state index is 0.0133. The second-order valence-corrected chi connectivity index (χ2v) is 25.3. The number of ether oxygens (including phenoxy) is 6. The number of ketones is 2. The smallest absolute Gasteiger partial charge is 0.328 e. The van der Waals surface area contributed by atoms with Crippen molar-refractivity contribution < 1.29 is 85.5 Å². The fourth-order valence-corrected chi connectivity index (χ4v) is 12.0. The van der Waals surface area contributed by atoms with E-state index in [1.165, 1.54) is 33.1 Å². The van der Waals surface area contributed by atoms with Crippen molar-refractivity contribution in [2.24, 2.45) is 29.4 Å². The fourth-order valence-electron chi connectivity index (χ4n) is 11.7. The lowest BCUT2D eigenvalue weighted by Crippen LogP contribution is -2.53. The minimum atomic E-state index is -1.71. The summed E-state index contributed by atoms with van der Waals surface area (Å²) in [4.78, 5) is 123. The third-order valence-electron chi connectivity index (χ3n) is 17.8. The SMILES string of the molecule is COc1cc2cc(c1Cl)N(C)C(=O)C[C@H](OC(=O)[C@H](C)N(C)C(=O)c1cc(F)c(CC(=O)[C@H](CCCNC(N)=O)NC(=O)[C@@H](CC(=O)CCCCC(C)OC(=O)C3CCC3)C(C)C)cc1F)[C@]1(C)O[C@H]1[C@H](C)[C@@H]1C[C@@](O)(CC(=O)O1)[C@H](OC)/C=C/C=C(\C)C2. The number of aliphatic hydroxyl groups is 1. The van der Waals surface area contributed by atoms with Crippen molar-refractivity contribution in [3.05, 3.63) is 81.4 Å². The van der Waals surface area contributed by atoms with Gasteiger partial charge in [0, 0.05) is 65.3 Å². The number of Topliss-reactive ketones (excluding diaryl/α,β-unsaturated/α-hetero) is 2. The van der Waals surface area contributed by atoms with E-state index >= 15 is 8.78 Å². The molecule has 89 heavy (non-hydrogen) atoms. The molecule has 1 saturated carbocycles. The van der Waals surface area contributed by atoms with Crippen LogP contribution >= 0.6 is 11.6 Å². The van der Waals surface area contributed by atoms with Crippen LogP contribution in [-0.4, -0.2) is 152 Å². The van der Waals surface area contributed by atoms with E-state index in [0.717, 1.165) is 36.8 Å². The van der Waals surface area contributed by atoms with Gasteiger partial charge in [0.2, 0.25) is 11.8 Å². The van der Waals surface area contributed by atoms with Crippen molar-refractivity contribution in [1.29, 1.82) is 0 Å². The van der Waals surface area contributed by atoms with E-state index in [1.54, 1.807) is 52.0 Å². The van der Waals surface area contributed by atoms with Crippen LogP contribution in [0.15, 0.2) is 48.1 Å². The van der Waals surface area contributed by atoms with Crippen molar-refractivity contribution in [3.63, 3.8) is 0 Å². The number of methoxy groups -OCH3 is 2. The molecule has 5 N–H and O–H groups in total. The number of epoxide rings is 1. The lowest BCUT2D eigenvalue weighted by Gasteiger charge is -2.41. The van der Waals surface area contributed by atoms with E-state index in [9.17, 15) is 48.3 Å². The number of anilines is 1. The lowest BCUT2D eigenvalue weighted by atomic mass is 9.78. The Morgan fingerprint density at radius 2 is 1.70 bits per heavy atom. The third-order valence-corrected chi connectivity index (χ3v) is 18.2. The first kappa shape index (κ1) is 71.3. The molecule has 3 fully saturated rings. The average Bonchev–Trinajstić information content (AvgIpc) is 1.61. The Labute approximate surface area is 524 Å². The van der Waals surface area contributed by atoms with Gasteiger partial charge in [-0.05, 0) is 120 Å². The topological polar surface area (TPSA) is 289 Å². The molecule has 6 rings (SSSR count). The number of allylic oxidation sites excluding steroid dienone is 3. The molecule has 11 atom stereocenters. The van der Waals surface area contributed by atoms with Crippen LogP contribution in [0.2, 0.25) is 5.02 Å². The van der Waals surface area contributed by atoms with Crippen LogP contribution in [0, 0.1) is 35.3 Å². The van der Waals surface area contributed by atoms with Crippen LogP contribution in [0.5, 0.6) is 5.75 Å². The molecule has 2 aromatic carbocycles. The lowest BCUT2D eigenvalue weighted by molar-refractivity contribution is -0.187. The number of nitrogens with zero attached hydrogens (tertiary/aromatic N) is 2. The summed E-state index contributed by atoms with van der Waals surface area (Å²) < 4.78 is 67.5. The molecule has 21 nitrogen and oxygen atoms in total. The van der Waals surface area contributed by atoms with Crippen molar-refractivity contribution in [1.82, 2.24) is 15.5 Å². The second-order valence-electron chi connectivity index (χ2n) is 24.9. The Bertz CT molecular complexity index is 3030. The molecule has 5 amide bonds. The molecule has 24 heteroatoms. The van der Waals surface area contributed by atoms with E-state index in [4.69, 9.17) is 45.8 Å². The monoisotopic (exact) mass is 1270 g/mol. The number of esters is 3. The van der Waals surface area contributed by atoms with Gasteiger partial charge in [0.1, 0.15) is 63.7 Å². The van der Waals surface area contributed by atoms with Crippen molar-refractivity contribution in [3.8, 4) is 5.75 Å². The average molecular weight is 1270 g/mol. The summed E-state index contributed by atoms with van der Waals surface area (Å²) in [5, 5.41) is 17.3. The predicted octanol–water partition coefficient (Wildman–Crippen LogP) is 7.92. The summed E-state index contributed by atoms with van der Waals surface area (Å²) in [6, 6.07) is 1.07. The van der Waals surface area contributed by atoms with Crippen LogP contribution in [0.3, 0.4) is 0 Å². The van der Waals surface area contributed by atoms with Gasteiger partial charge in [-0.1, -0.05) is 62.6 Å². The molecule has 4 bridgehead atoms. The molecular formula is C65H88ClF2N5O16. The maximum Gasteiger partial charge on any atom is 0.328 e. The number of fused-ring (bicyclic) bond motifs is 5. The van der Waals surface area contributed by atoms with E-state index in [-0.39, 0.29) is 91.2 Å². The molecule has 1 aliphatic carbocycles. The summed E-state index contributed by atoms with van der Waals surface area (Å²) in [6.45, 7) is 11.8. The number of amides is 5. The molecule has 3 aliphatic heterocycles. The molecule has 3 heterocycles. The largest absolute Gasteiger partial charge is 0.495 e. The molecular weight excluding hydrogens is 1180 g/mol. The van der Waals surface area contributed by atoms with Crippen LogP contribution in [0.25, 0.3) is 0 Å². The van der Waals surface area contributed by atoms with E-state index in [2.05, 4.69) is 10.6 Å². The van der Waals surface area contributed by atoms with E-state index in [0.29, 0.717) is 43.4 Å². The highest BCUT2D eigenvalue weighted by molar-refractivity contribution is 6.35. The zero-order valence-electron chi connectivity index (χ0n) is 52.9. The molecule has 0 spiro atoms. The number of hydrogen-bond donors (Lipinski definition) is 4. The Balaban J connectivity index is 1.17. The van der Waals surface area contributed by atoms with Crippen LogP contribution < -0.4 is 26.0 Å². The number of urea groups is 1. The number of nitrogens with one attached hydrogen (secondary N) is 2.